The average molecular weight is 282 g/mol. The Kier molecular flexibility index (Phi) is 3.18. The Bertz CT molecular complexity index is 635. The minimum absolute atomic E-state index is 0.0172. The van der Waals surface area contributed by atoms with Crippen molar-refractivity contribution in [3.63, 3.8) is 0 Å². The van der Waals surface area contributed by atoms with Crippen LogP contribution < -0.4 is 10.5 Å². The zero-order valence-corrected chi connectivity index (χ0v) is 12.0. The second-order valence-electron chi connectivity index (χ2n) is 5.76. The zero-order valence-electron chi connectivity index (χ0n) is 11.2. The minimum Gasteiger partial charge on any atom is -0.326 e. The van der Waals surface area contributed by atoms with Crippen LogP contribution in [0.1, 0.15) is 25.8 Å². The molecule has 1 fully saturated rings. The standard InChI is InChI=1S/C13H18N2O3S/c1-8-6-9(19(14,17)18)4-5-11(8)15-12(16)10-7-13(10,2)3/h4-6,10H,7H2,1-3H3,(H,15,16)(H2,14,17,18). The van der Waals surface area contributed by atoms with Crippen LogP contribution in [0, 0.1) is 18.3 Å². The molecule has 1 unspecified atom stereocenters. The van der Waals surface area contributed by atoms with E-state index in [4.69, 9.17) is 5.14 Å². The van der Waals surface area contributed by atoms with Crippen molar-refractivity contribution < 1.29 is 13.2 Å². The van der Waals surface area contributed by atoms with Gasteiger partial charge in [-0.3, -0.25) is 4.79 Å². The third-order valence-electron chi connectivity index (χ3n) is 3.61. The number of sulfonamides is 1. The highest BCUT2D eigenvalue weighted by Gasteiger charge is 2.50. The molecule has 104 valence electrons. The first-order chi connectivity index (χ1) is 8.61. The third kappa shape index (κ3) is 2.96. The lowest BCUT2D eigenvalue weighted by Gasteiger charge is -2.10. The van der Waals surface area contributed by atoms with Crippen LogP contribution in [0.4, 0.5) is 5.69 Å². The molecule has 2 rings (SSSR count). The maximum atomic E-state index is 12.0. The van der Waals surface area contributed by atoms with E-state index in [9.17, 15) is 13.2 Å². The molecule has 0 radical (unpaired) electrons. The summed E-state index contributed by atoms with van der Waals surface area (Å²) in [6, 6.07) is 4.43. The van der Waals surface area contributed by atoms with E-state index in [2.05, 4.69) is 5.32 Å². The van der Waals surface area contributed by atoms with Gasteiger partial charge in [-0.25, -0.2) is 13.6 Å². The summed E-state index contributed by atoms with van der Waals surface area (Å²) in [4.78, 5) is 12.0. The summed E-state index contributed by atoms with van der Waals surface area (Å²) in [5, 5.41) is 7.89. The molecule has 1 aliphatic rings. The molecule has 0 spiro atoms. The molecule has 1 saturated carbocycles. The van der Waals surface area contributed by atoms with Gasteiger partial charge >= 0.3 is 0 Å². The largest absolute Gasteiger partial charge is 0.326 e. The number of nitrogens with one attached hydrogen (secondary N) is 1. The number of hydrogen-bond donors (Lipinski definition) is 2. The molecule has 19 heavy (non-hydrogen) atoms. The molecule has 1 atom stereocenters. The van der Waals surface area contributed by atoms with E-state index >= 15 is 0 Å². The van der Waals surface area contributed by atoms with E-state index in [-0.39, 0.29) is 22.1 Å². The molecular weight excluding hydrogens is 264 g/mol. The van der Waals surface area contributed by atoms with E-state index in [0.717, 1.165) is 6.42 Å². The van der Waals surface area contributed by atoms with Crippen LogP contribution in [0.3, 0.4) is 0 Å². The minimum atomic E-state index is -3.71. The fourth-order valence-corrected chi connectivity index (χ4v) is 2.69. The van der Waals surface area contributed by atoms with Crippen molar-refractivity contribution in [2.24, 2.45) is 16.5 Å². The Labute approximate surface area is 113 Å². The number of carbonyl (C=O) groups is 1. The van der Waals surface area contributed by atoms with E-state index in [1.807, 2.05) is 13.8 Å². The molecule has 1 aromatic rings. The number of aryl methyl sites for hydroxylation is 1. The van der Waals surface area contributed by atoms with Gasteiger partial charge in [-0.2, -0.15) is 0 Å². The maximum Gasteiger partial charge on any atom is 0.238 e. The molecule has 0 bridgehead atoms. The van der Waals surface area contributed by atoms with Crippen LogP contribution in [0.2, 0.25) is 0 Å². The first kappa shape index (κ1) is 14.0. The number of benzene rings is 1. The molecule has 6 heteroatoms. The van der Waals surface area contributed by atoms with E-state index in [0.29, 0.717) is 11.3 Å². The van der Waals surface area contributed by atoms with E-state index < -0.39 is 10.0 Å². The molecule has 5 nitrogen and oxygen atoms in total. The normalized spacial score (nSPS) is 20.9. The number of carbonyl (C=O) groups excluding carboxylic acids is 1. The van der Waals surface area contributed by atoms with Gasteiger partial charge in [0.2, 0.25) is 15.9 Å². The van der Waals surface area contributed by atoms with Crippen molar-refractivity contribution in [1.82, 2.24) is 0 Å². The van der Waals surface area contributed by atoms with Crippen LogP contribution in [0.15, 0.2) is 23.1 Å². The Morgan fingerprint density at radius 1 is 1.42 bits per heavy atom. The van der Waals surface area contributed by atoms with Crippen LogP contribution >= 0.6 is 0 Å². The van der Waals surface area contributed by atoms with Crippen molar-refractivity contribution in [2.75, 3.05) is 5.32 Å². The summed E-state index contributed by atoms with van der Waals surface area (Å²) in [5.74, 6) is 0.0151. The SMILES string of the molecule is Cc1cc(S(N)(=O)=O)ccc1NC(=O)C1CC1(C)C. The molecule has 0 aromatic heterocycles. The van der Waals surface area contributed by atoms with Gasteiger partial charge in [-0.15, -0.1) is 0 Å². The summed E-state index contributed by atoms with van der Waals surface area (Å²) in [6.07, 6.45) is 0.882. The predicted octanol–water partition coefficient (Wildman–Crippen LogP) is 1.63. The summed E-state index contributed by atoms with van der Waals surface area (Å²) >= 11 is 0. The fraction of sp³-hybridized carbons (Fsp3) is 0.462. The highest BCUT2D eigenvalue weighted by atomic mass is 32.2. The summed E-state index contributed by atoms with van der Waals surface area (Å²) in [7, 11) is -3.71. The van der Waals surface area contributed by atoms with Crippen molar-refractivity contribution in [3.05, 3.63) is 23.8 Å². The van der Waals surface area contributed by atoms with Crippen LogP contribution in [0.5, 0.6) is 0 Å². The first-order valence-electron chi connectivity index (χ1n) is 6.05. The van der Waals surface area contributed by atoms with Crippen molar-refractivity contribution in [2.45, 2.75) is 32.1 Å². The number of amides is 1. The van der Waals surface area contributed by atoms with E-state index in [1.165, 1.54) is 12.1 Å². The fourth-order valence-electron chi connectivity index (χ4n) is 2.09. The van der Waals surface area contributed by atoms with Gasteiger partial charge in [0, 0.05) is 11.6 Å². The maximum absolute atomic E-state index is 12.0. The Hall–Kier alpha value is -1.40. The average Bonchev–Trinajstić information content (AvgIpc) is 2.89. The Balaban J connectivity index is 2.17. The van der Waals surface area contributed by atoms with Gasteiger partial charge < -0.3 is 5.32 Å². The van der Waals surface area contributed by atoms with Gasteiger partial charge in [0.15, 0.2) is 0 Å². The highest BCUT2D eigenvalue weighted by Crippen LogP contribution is 2.52. The zero-order chi connectivity index (χ0) is 14.4. The molecule has 1 aliphatic carbocycles. The molecule has 1 aromatic carbocycles. The predicted molar refractivity (Wildman–Crippen MR) is 73.1 cm³/mol. The van der Waals surface area contributed by atoms with Crippen molar-refractivity contribution in [3.8, 4) is 0 Å². The number of hydrogen-bond acceptors (Lipinski definition) is 3. The topological polar surface area (TPSA) is 89.3 Å². The molecule has 0 heterocycles. The third-order valence-corrected chi connectivity index (χ3v) is 4.53. The van der Waals surface area contributed by atoms with Gasteiger partial charge in [0.1, 0.15) is 0 Å². The lowest BCUT2D eigenvalue weighted by molar-refractivity contribution is -0.118. The smallest absolute Gasteiger partial charge is 0.238 e. The van der Waals surface area contributed by atoms with E-state index in [1.54, 1.807) is 13.0 Å². The second-order valence-corrected chi connectivity index (χ2v) is 7.32. The summed E-state index contributed by atoms with van der Waals surface area (Å²) in [5.41, 5.74) is 1.37. The monoisotopic (exact) mass is 282 g/mol. The summed E-state index contributed by atoms with van der Waals surface area (Å²) in [6.45, 7) is 5.84. The number of anilines is 1. The highest BCUT2D eigenvalue weighted by molar-refractivity contribution is 7.89. The lowest BCUT2D eigenvalue weighted by atomic mass is 10.1. The quantitative estimate of drug-likeness (QED) is 0.883. The van der Waals surface area contributed by atoms with Gasteiger partial charge in [0.05, 0.1) is 4.90 Å². The summed E-state index contributed by atoms with van der Waals surface area (Å²) < 4.78 is 22.4. The Morgan fingerprint density at radius 3 is 2.42 bits per heavy atom. The van der Waals surface area contributed by atoms with Crippen molar-refractivity contribution in [1.29, 1.82) is 0 Å². The number of primary sulfonamides is 1. The van der Waals surface area contributed by atoms with Crippen LogP contribution in [-0.2, 0) is 14.8 Å². The first-order valence-corrected chi connectivity index (χ1v) is 7.60. The second kappa shape index (κ2) is 4.31. The number of nitrogens with two attached hydrogens (primary N) is 1. The molecule has 3 N–H and O–H groups in total. The van der Waals surface area contributed by atoms with Gasteiger partial charge in [0.25, 0.3) is 0 Å². The van der Waals surface area contributed by atoms with Crippen LogP contribution in [0.25, 0.3) is 0 Å². The van der Waals surface area contributed by atoms with Crippen LogP contribution in [-0.4, -0.2) is 14.3 Å². The molecule has 0 aliphatic heterocycles. The van der Waals surface area contributed by atoms with Gasteiger partial charge in [-0.05, 0) is 42.5 Å². The van der Waals surface area contributed by atoms with Gasteiger partial charge in [-0.1, -0.05) is 13.8 Å². The molecule has 0 saturated heterocycles. The molecular formula is C13H18N2O3S. The van der Waals surface area contributed by atoms with Crippen molar-refractivity contribution >= 4 is 21.6 Å². The molecule has 1 amide bonds. The Morgan fingerprint density at radius 2 is 2.00 bits per heavy atom. The number of rotatable bonds is 3. The lowest BCUT2D eigenvalue weighted by Crippen LogP contribution is -2.18.